The van der Waals surface area contributed by atoms with Gasteiger partial charge in [-0.25, -0.2) is 9.69 Å². The number of non-ortho nitro benzene ring substituents is 1. The van der Waals surface area contributed by atoms with E-state index in [1.54, 1.807) is 60.7 Å². The van der Waals surface area contributed by atoms with Crippen molar-refractivity contribution >= 4 is 35.3 Å². The van der Waals surface area contributed by atoms with Gasteiger partial charge in [-0.3, -0.25) is 25.0 Å². The average Bonchev–Trinajstić information content (AvgIpc) is 2.90. The Morgan fingerprint density at radius 1 is 0.946 bits per heavy atom. The van der Waals surface area contributed by atoms with Gasteiger partial charge < -0.3 is 9.47 Å². The van der Waals surface area contributed by atoms with E-state index in [-0.39, 0.29) is 17.9 Å². The quantitative estimate of drug-likeness (QED) is 0.196. The zero-order valence-corrected chi connectivity index (χ0v) is 19.9. The van der Waals surface area contributed by atoms with Crippen molar-refractivity contribution in [1.82, 2.24) is 5.32 Å². The van der Waals surface area contributed by atoms with Gasteiger partial charge in [-0.1, -0.05) is 31.2 Å². The fourth-order valence-electron chi connectivity index (χ4n) is 3.56. The number of benzene rings is 3. The molecule has 0 bridgehead atoms. The van der Waals surface area contributed by atoms with Crippen LogP contribution in [0.1, 0.15) is 24.5 Å². The van der Waals surface area contributed by atoms with E-state index in [0.717, 1.165) is 11.3 Å². The van der Waals surface area contributed by atoms with Crippen molar-refractivity contribution in [2.45, 2.75) is 20.0 Å². The second kappa shape index (κ2) is 11.2. The van der Waals surface area contributed by atoms with Gasteiger partial charge in [0.25, 0.3) is 17.5 Å². The molecule has 4 rings (SSSR count). The van der Waals surface area contributed by atoms with E-state index in [2.05, 4.69) is 5.32 Å². The summed E-state index contributed by atoms with van der Waals surface area (Å²) in [6.07, 6.45) is 2.23. The van der Waals surface area contributed by atoms with Crippen LogP contribution in [0.2, 0.25) is 0 Å². The Hall–Kier alpha value is -4.99. The largest absolute Gasteiger partial charge is 0.494 e. The van der Waals surface area contributed by atoms with Crippen molar-refractivity contribution in [3.05, 3.63) is 99.6 Å². The van der Waals surface area contributed by atoms with Crippen molar-refractivity contribution in [3.63, 3.8) is 0 Å². The van der Waals surface area contributed by atoms with Gasteiger partial charge in [-0.05, 0) is 60.0 Å². The first-order chi connectivity index (χ1) is 17.9. The molecule has 3 aromatic carbocycles. The van der Waals surface area contributed by atoms with E-state index in [4.69, 9.17) is 9.47 Å². The van der Waals surface area contributed by atoms with E-state index >= 15 is 0 Å². The number of ether oxygens (including phenoxy) is 2. The van der Waals surface area contributed by atoms with E-state index in [1.807, 2.05) is 6.92 Å². The molecule has 0 radical (unpaired) electrons. The number of nitrogens with one attached hydrogen (secondary N) is 1. The normalized spacial score (nSPS) is 14.5. The number of rotatable bonds is 9. The lowest BCUT2D eigenvalue weighted by Gasteiger charge is -2.26. The molecule has 10 heteroatoms. The molecular weight excluding hydrogens is 478 g/mol. The molecule has 1 heterocycles. The van der Waals surface area contributed by atoms with Gasteiger partial charge in [0, 0.05) is 12.1 Å². The molecule has 0 saturated carbocycles. The van der Waals surface area contributed by atoms with Crippen molar-refractivity contribution in [3.8, 4) is 11.5 Å². The first kappa shape index (κ1) is 25.1. The Bertz CT molecular complexity index is 1370. The van der Waals surface area contributed by atoms with Crippen molar-refractivity contribution in [1.29, 1.82) is 0 Å². The summed E-state index contributed by atoms with van der Waals surface area (Å²) in [5.74, 6) is -0.438. The first-order valence-corrected chi connectivity index (χ1v) is 11.5. The molecule has 1 aliphatic rings. The molecule has 10 nitrogen and oxygen atoms in total. The molecule has 1 saturated heterocycles. The van der Waals surface area contributed by atoms with E-state index < -0.39 is 22.8 Å². The summed E-state index contributed by atoms with van der Waals surface area (Å²) in [7, 11) is 0. The summed E-state index contributed by atoms with van der Waals surface area (Å²) < 4.78 is 11.2. The number of nitro groups is 1. The Morgan fingerprint density at radius 3 is 2.30 bits per heavy atom. The van der Waals surface area contributed by atoms with Crippen LogP contribution in [-0.2, 0) is 16.2 Å². The van der Waals surface area contributed by atoms with E-state index in [9.17, 15) is 24.5 Å². The summed E-state index contributed by atoms with van der Waals surface area (Å²) in [6.45, 7) is 2.65. The fourth-order valence-corrected chi connectivity index (χ4v) is 3.56. The monoisotopic (exact) mass is 501 g/mol. The summed E-state index contributed by atoms with van der Waals surface area (Å²) in [5, 5.41) is 13.1. The minimum Gasteiger partial charge on any atom is -0.494 e. The van der Waals surface area contributed by atoms with Gasteiger partial charge in [-0.15, -0.1) is 0 Å². The fraction of sp³-hybridized carbons (Fsp3) is 0.148. The minimum absolute atomic E-state index is 0.0215. The lowest BCUT2D eigenvalue weighted by Crippen LogP contribution is -2.54. The van der Waals surface area contributed by atoms with Gasteiger partial charge in [0.1, 0.15) is 23.7 Å². The SMILES string of the molecule is CCCOc1ccc(N2C(=O)NC(=O)/C(=C/c3ccc(OCc4cccc([N+](=O)[O-])c4)cc3)C2=O)cc1. The number of hydrogen-bond donors (Lipinski definition) is 1. The number of carbonyl (C=O) groups is 3. The molecule has 1 aliphatic heterocycles. The maximum Gasteiger partial charge on any atom is 0.335 e. The smallest absolute Gasteiger partial charge is 0.335 e. The summed E-state index contributed by atoms with van der Waals surface area (Å²) >= 11 is 0. The van der Waals surface area contributed by atoms with Crippen molar-refractivity contribution in [2.24, 2.45) is 0 Å². The number of hydrogen-bond acceptors (Lipinski definition) is 7. The van der Waals surface area contributed by atoms with Crippen LogP contribution in [0.25, 0.3) is 6.08 Å². The highest BCUT2D eigenvalue weighted by molar-refractivity contribution is 6.39. The highest BCUT2D eigenvalue weighted by Gasteiger charge is 2.36. The molecule has 3 aromatic rings. The topological polar surface area (TPSA) is 128 Å². The van der Waals surface area contributed by atoms with Crippen LogP contribution in [0.15, 0.2) is 78.4 Å². The van der Waals surface area contributed by atoms with Gasteiger partial charge >= 0.3 is 6.03 Å². The Morgan fingerprint density at radius 2 is 1.62 bits per heavy atom. The van der Waals surface area contributed by atoms with Crippen LogP contribution in [-0.4, -0.2) is 29.4 Å². The predicted molar refractivity (Wildman–Crippen MR) is 135 cm³/mol. The maximum atomic E-state index is 13.1. The van der Waals surface area contributed by atoms with Crippen LogP contribution in [0.3, 0.4) is 0 Å². The molecular formula is C27H23N3O7. The molecule has 188 valence electrons. The molecule has 0 unspecified atom stereocenters. The number of urea groups is 1. The molecule has 0 atom stereocenters. The second-order valence-corrected chi connectivity index (χ2v) is 8.08. The lowest BCUT2D eigenvalue weighted by molar-refractivity contribution is -0.384. The number of barbiturate groups is 1. The third-order valence-electron chi connectivity index (χ3n) is 5.39. The Balaban J connectivity index is 1.47. The second-order valence-electron chi connectivity index (χ2n) is 8.08. The molecule has 4 amide bonds. The van der Waals surface area contributed by atoms with E-state index in [0.29, 0.717) is 34.9 Å². The molecule has 1 fully saturated rings. The van der Waals surface area contributed by atoms with Gasteiger partial charge in [0.15, 0.2) is 0 Å². The highest BCUT2D eigenvalue weighted by atomic mass is 16.6. The van der Waals surface area contributed by atoms with E-state index in [1.165, 1.54) is 18.2 Å². The minimum atomic E-state index is -0.834. The average molecular weight is 501 g/mol. The van der Waals surface area contributed by atoms with Gasteiger partial charge in [0.05, 0.1) is 17.2 Å². The number of carbonyl (C=O) groups excluding carboxylic acids is 3. The Labute approximate surface area is 212 Å². The highest BCUT2D eigenvalue weighted by Crippen LogP contribution is 2.25. The molecule has 0 aliphatic carbocycles. The van der Waals surface area contributed by atoms with Crippen molar-refractivity contribution < 1.29 is 28.8 Å². The number of imide groups is 2. The van der Waals surface area contributed by atoms with Crippen LogP contribution in [0.5, 0.6) is 11.5 Å². The Kier molecular flexibility index (Phi) is 7.58. The number of amides is 4. The number of nitrogens with zero attached hydrogens (tertiary/aromatic N) is 2. The van der Waals surface area contributed by atoms with Gasteiger partial charge in [0.2, 0.25) is 0 Å². The third kappa shape index (κ3) is 5.99. The number of anilines is 1. The predicted octanol–water partition coefficient (Wildman–Crippen LogP) is 4.63. The molecule has 37 heavy (non-hydrogen) atoms. The maximum absolute atomic E-state index is 13.1. The first-order valence-electron chi connectivity index (χ1n) is 11.5. The number of nitro benzene ring substituents is 1. The zero-order valence-electron chi connectivity index (χ0n) is 19.9. The van der Waals surface area contributed by atoms with Crippen molar-refractivity contribution in [2.75, 3.05) is 11.5 Å². The summed E-state index contributed by atoms with van der Waals surface area (Å²) in [6, 6.07) is 18.3. The van der Waals surface area contributed by atoms with Gasteiger partial charge in [-0.2, -0.15) is 0 Å². The standard InChI is InChI=1S/C27H23N3O7/c1-2-14-36-22-12-8-20(9-13-22)29-26(32)24(25(31)28-27(29)33)16-18-6-10-23(11-7-18)37-17-19-4-3-5-21(15-19)30(34)35/h3-13,15-16H,2,14,17H2,1H3,(H,28,31,33)/b24-16-. The molecule has 1 N–H and O–H groups in total. The van der Waals surface area contributed by atoms with Crippen LogP contribution in [0.4, 0.5) is 16.2 Å². The third-order valence-corrected chi connectivity index (χ3v) is 5.39. The lowest BCUT2D eigenvalue weighted by atomic mass is 10.1. The zero-order chi connectivity index (χ0) is 26.4. The van der Waals surface area contributed by atoms with Crippen LogP contribution >= 0.6 is 0 Å². The summed E-state index contributed by atoms with van der Waals surface area (Å²) in [5.41, 5.74) is 1.26. The van der Waals surface area contributed by atoms with Crippen LogP contribution < -0.4 is 19.7 Å². The molecule has 0 spiro atoms. The summed E-state index contributed by atoms with van der Waals surface area (Å²) in [4.78, 5) is 49.3. The van der Waals surface area contributed by atoms with Crippen LogP contribution in [0, 0.1) is 10.1 Å². The molecule has 0 aromatic heterocycles.